The van der Waals surface area contributed by atoms with E-state index in [0.29, 0.717) is 40.5 Å². The molecule has 2 aromatic carbocycles. The van der Waals surface area contributed by atoms with Gasteiger partial charge in [0.2, 0.25) is 5.91 Å². The van der Waals surface area contributed by atoms with Gasteiger partial charge in [-0.25, -0.2) is 4.79 Å². The van der Waals surface area contributed by atoms with E-state index >= 15 is 0 Å². The Morgan fingerprint density at radius 2 is 1.85 bits per heavy atom. The molecular weight excluding hydrogens is 699 g/mol. The van der Waals surface area contributed by atoms with E-state index in [-0.39, 0.29) is 41.8 Å². The van der Waals surface area contributed by atoms with Crippen molar-refractivity contribution in [1.82, 2.24) is 15.4 Å². The van der Waals surface area contributed by atoms with Crippen LogP contribution in [0.4, 0.5) is 0 Å². The number of aromatic nitrogens is 1. The summed E-state index contributed by atoms with van der Waals surface area (Å²) in [6.45, 7) is 7.64. The number of carbonyl (C=O) groups excluding carboxylic acids is 3. The topological polar surface area (TPSA) is 168 Å². The van der Waals surface area contributed by atoms with Gasteiger partial charge < -0.3 is 34.4 Å². The van der Waals surface area contributed by atoms with Gasteiger partial charge in [0.1, 0.15) is 52.1 Å². The maximum Gasteiger partial charge on any atom is 0.327 e. The number of fused-ring (bicyclic) bond motifs is 6. The Morgan fingerprint density at radius 1 is 1.08 bits per heavy atom. The third-order valence-corrected chi connectivity index (χ3v) is 14.2. The van der Waals surface area contributed by atoms with E-state index in [2.05, 4.69) is 23.5 Å². The average molecular weight is 744 g/mol. The lowest BCUT2D eigenvalue weighted by atomic mass is 9.55. The van der Waals surface area contributed by atoms with Crippen LogP contribution in [0.1, 0.15) is 92.5 Å². The largest absolute Gasteiger partial charge is 0.508 e. The first-order chi connectivity index (χ1) is 25.3. The zero-order chi connectivity index (χ0) is 37.4. The summed E-state index contributed by atoms with van der Waals surface area (Å²) in [7, 11) is 0. The normalized spacial score (nSPS) is 30.7. The number of esters is 1. The fourth-order valence-corrected chi connectivity index (χ4v) is 11.7. The number of nitrogens with zero attached hydrogens (tertiary/aromatic N) is 2. The quantitative estimate of drug-likeness (QED) is 0.178. The van der Waals surface area contributed by atoms with Crippen LogP contribution >= 0.6 is 11.8 Å². The van der Waals surface area contributed by atoms with Crippen molar-refractivity contribution in [3.8, 4) is 22.8 Å². The molecule has 13 heteroatoms. The molecule has 0 bridgehead atoms. The molecule has 1 aromatic heterocycles. The molecular formula is C40H45N3O9S. The molecule has 8 rings (SSSR count). The molecule has 8 unspecified atom stereocenters. The summed E-state index contributed by atoms with van der Waals surface area (Å²) in [6, 6.07) is 11.0. The highest BCUT2D eigenvalue weighted by molar-refractivity contribution is 8.01. The number of thioether (sulfide) groups is 1. The van der Waals surface area contributed by atoms with Crippen molar-refractivity contribution < 1.29 is 43.4 Å². The number of aromatic hydroxyl groups is 1. The van der Waals surface area contributed by atoms with Gasteiger partial charge >= 0.3 is 11.9 Å². The molecule has 3 aromatic rings. The molecule has 2 aliphatic heterocycles. The number of phenols is 1. The van der Waals surface area contributed by atoms with Crippen molar-refractivity contribution in [3.05, 3.63) is 64.9 Å². The van der Waals surface area contributed by atoms with E-state index in [0.717, 1.165) is 38.5 Å². The number of amides is 2. The second kappa shape index (κ2) is 13.1. The van der Waals surface area contributed by atoms with Gasteiger partial charge in [-0.2, -0.15) is 0 Å². The standard InChI is InChI=1S/C40H45N3O9S/c1-20-31(35(46)41-33-36(47)43-34(38(48)49)39(2,3)53-37(33)43)32(42-52-20)21-5-9-24(10-6-21)50-18-16-30(45)51-29-14-13-28-27-11-7-22-19-23(44)8-12-25(22)26(27)15-17-40(28,29)4/h5-6,8-10,12,19,26-29,33-34,37,44H,7,11,13-18H2,1-4H3,(H,41,46)(H,48,49). The Labute approximate surface area is 311 Å². The second-order valence-corrected chi connectivity index (χ2v) is 17.8. The first kappa shape index (κ1) is 35.5. The van der Waals surface area contributed by atoms with Crippen LogP contribution in [0.5, 0.6) is 11.5 Å². The molecule has 3 heterocycles. The monoisotopic (exact) mass is 743 g/mol. The molecule has 3 aliphatic carbocycles. The van der Waals surface area contributed by atoms with Crippen LogP contribution in [-0.4, -0.2) is 78.9 Å². The molecule has 2 saturated carbocycles. The lowest BCUT2D eigenvalue weighted by Crippen LogP contribution is -2.70. The molecule has 0 radical (unpaired) electrons. The fourth-order valence-electron chi connectivity index (χ4n) is 10.1. The molecule has 0 spiro atoms. The molecule has 280 valence electrons. The van der Waals surface area contributed by atoms with Gasteiger partial charge in [-0.05, 0) is 125 Å². The summed E-state index contributed by atoms with van der Waals surface area (Å²) in [5.41, 5.74) is 3.71. The zero-order valence-corrected chi connectivity index (χ0v) is 31.1. The molecule has 8 atom stereocenters. The van der Waals surface area contributed by atoms with Gasteiger partial charge in [-0.15, -0.1) is 11.8 Å². The van der Waals surface area contributed by atoms with Crippen LogP contribution in [0.3, 0.4) is 0 Å². The van der Waals surface area contributed by atoms with E-state index in [1.807, 2.05) is 12.1 Å². The molecule has 4 fully saturated rings. The SMILES string of the molecule is Cc1onc(-c2ccc(OCCC(=O)OC3CCC4C5CCc6cc(O)ccc6C5CCC34C)cc2)c1C(=O)NC1C(=O)N2C1SC(C)(C)C2C(=O)O. The molecule has 2 amide bonds. The minimum Gasteiger partial charge on any atom is -0.508 e. The number of rotatable bonds is 9. The first-order valence-electron chi connectivity index (χ1n) is 18.5. The van der Waals surface area contributed by atoms with Gasteiger partial charge in [0.15, 0.2) is 0 Å². The van der Waals surface area contributed by atoms with Gasteiger partial charge in [-0.1, -0.05) is 18.1 Å². The summed E-state index contributed by atoms with van der Waals surface area (Å²) in [5, 5.41) is 26.1. The number of nitrogens with one attached hydrogen (secondary N) is 1. The number of carbonyl (C=O) groups is 4. The van der Waals surface area contributed by atoms with Crippen LogP contribution in [-0.2, 0) is 25.5 Å². The van der Waals surface area contributed by atoms with Crippen LogP contribution in [0, 0.1) is 24.2 Å². The molecule has 2 saturated heterocycles. The maximum atomic E-state index is 13.5. The summed E-state index contributed by atoms with van der Waals surface area (Å²) in [4.78, 5) is 52.7. The van der Waals surface area contributed by atoms with Crippen LogP contribution in [0.25, 0.3) is 11.3 Å². The molecule has 5 aliphatic rings. The highest BCUT2D eigenvalue weighted by Gasteiger charge is 2.64. The Balaban J connectivity index is 0.843. The van der Waals surface area contributed by atoms with E-state index in [1.54, 1.807) is 45.0 Å². The van der Waals surface area contributed by atoms with Gasteiger partial charge in [-0.3, -0.25) is 14.4 Å². The van der Waals surface area contributed by atoms with Crippen molar-refractivity contribution in [2.24, 2.45) is 17.3 Å². The highest BCUT2D eigenvalue weighted by Crippen LogP contribution is 2.61. The number of β-lactam (4-membered cyclic amide) rings is 1. The third kappa shape index (κ3) is 5.95. The van der Waals surface area contributed by atoms with Crippen molar-refractivity contribution in [3.63, 3.8) is 0 Å². The Morgan fingerprint density at radius 3 is 2.60 bits per heavy atom. The Bertz CT molecular complexity index is 1980. The first-order valence-corrected chi connectivity index (χ1v) is 19.4. The average Bonchev–Trinajstić information content (AvgIpc) is 3.75. The van der Waals surface area contributed by atoms with Gasteiger partial charge in [0, 0.05) is 15.7 Å². The number of carboxylic acids is 1. The number of carboxylic acid groups (broad SMARTS) is 1. The summed E-state index contributed by atoms with van der Waals surface area (Å²) >= 11 is 1.36. The predicted molar refractivity (Wildman–Crippen MR) is 194 cm³/mol. The van der Waals surface area contributed by atoms with E-state index in [4.69, 9.17) is 14.0 Å². The lowest BCUT2D eigenvalue weighted by molar-refractivity contribution is -0.159. The maximum absolute atomic E-state index is 13.5. The molecule has 3 N–H and O–H groups in total. The number of phenolic OH excluding ortho intramolecular Hbond substituents is 1. The Hall–Kier alpha value is -4.52. The summed E-state index contributed by atoms with van der Waals surface area (Å²) < 4.78 is 16.7. The van der Waals surface area contributed by atoms with Crippen LogP contribution in [0.2, 0.25) is 0 Å². The Kier molecular flexibility index (Phi) is 8.78. The zero-order valence-electron chi connectivity index (χ0n) is 30.3. The van der Waals surface area contributed by atoms with Gasteiger partial charge in [0.05, 0.1) is 13.0 Å². The highest BCUT2D eigenvalue weighted by atomic mass is 32.2. The lowest BCUT2D eigenvalue weighted by Gasteiger charge is -2.50. The minimum absolute atomic E-state index is 0.0409. The van der Waals surface area contributed by atoms with Crippen LogP contribution in [0.15, 0.2) is 47.0 Å². The molecule has 12 nitrogen and oxygen atoms in total. The van der Waals surface area contributed by atoms with Crippen molar-refractivity contribution >= 4 is 35.5 Å². The van der Waals surface area contributed by atoms with Crippen molar-refractivity contribution in [2.45, 2.75) is 107 Å². The fraction of sp³-hybridized carbons (Fsp3) is 0.525. The van der Waals surface area contributed by atoms with Crippen molar-refractivity contribution in [1.29, 1.82) is 0 Å². The third-order valence-electron chi connectivity index (χ3n) is 12.7. The van der Waals surface area contributed by atoms with E-state index in [1.165, 1.54) is 27.8 Å². The molecule has 53 heavy (non-hydrogen) atoms. The number of ether oxygens (including phenoxy) is 2. The predicted octanol–water partition coefficient (Wildman–Crippen LogP) is 5.84. The summed E-state index contributed by atoms with van der Waals surface area (Å²) in [6.07, 6.45) is 6.11. The van der Waals surface area contributed by atoms with Crippen LogP contribution < -0.4 is 10.1 Å². The summed E-state index contributed by atoms with van der Waals surface area (Å²) in [5.74, 6) is 0.432. The number of aliphatic carboxylic acids is 1. The van der Waals surface area contributed by atoms with E-state index in [9.17, 15) is 29.4 Å². The number of aryl methyl sites for hydroxylation is 2. The number of benzene rings is 2. The number of hydrogen-bond acceptors (Lipinski definition) is 10. The second-order valence-electron chi connectivity index (χ2n) is 16.0. The number of hydrogen-bond donors (Lipinski definition) is 3. The van der Waals surface area contributed by atoms with Gasteiger partial charge in [0.25, 0.3) is 5.91 Å². The minimum atomic E-state index is -1.07. The van der Waals surface area contributed by atoms with E-state index < -0.39 is 40.0 Å². The smallest absolute Gasteiger partial charge is 0.327 e. The van der Waals surface area contributed by atoms with Crippen molar-refractivity contribution in [2.75, 3.05) is 6.61 Å².